The van der Waals surface area contributed by atoms with E-state index in [9.17, 15) is 0 Å². The molecule has 154 valence electrons. The van der Waals surface area contributed by atoms with Gasteiger partial charge in [0, 0.05) is 36.6 Å². The molecule has 0 unspecified atom stereocenters. The summed E-state index contributed by atoms with van der Waals surface area (Å²) in [5, 5.41) is 5.76. The lowest BCUT2D eigenvalue weighted by molar-refractivity contribution is 0.0242. The van der Waals surface area contributed by atoms with E-state index < -0.39 is 0 Å². The van der Waals surface area contributed by atoms with Crippen LogP contribution in [-0.4, -0.2) is 45.9 Å². The van der Waals surface area contributed by atoms with Crippen LogP contribution >= 0.6 is 11.3 Å². The number of hydrogen-bond acceptors (Lipinski definition) is 7. The predicted molar refractivity (Wildman–Crippen MR) is 117 cm³/mol. The van der Waals surface area contributed by atoms with Gasteiger partial charge in [-0.15, -0.1) is 5.10 Å². The molecule has 0 radical (unpaired) electrons. The summed E-state index contributed by atoms with van der Waals surface area (Å²) in [5.74, 6) is 0.881. The lowest BCUT2D eigenvalue weighted by atomic mass is 10.1. The lowest BCUT2D eigenvalue weighted by Gasteiger charge is -2.31. The van der Waals surface area contributed by atoms with Crippen LogP contribution in [0.15, 0.2) is 55.0 Å². The molecule has 7 nitrogen and oxygen atoms in total. The van der Waals surface area contributed by atoms with Gasteiger partial charge in [-0.25, -0.2) is 9.50 Å². The fraction of sp³-hybridized carbons (Fsp3) is 0.318. The minimum atomic E-state index is 0.257. The maximum absolute atomic E-state index is 6.16. The Morgan fingerprint density at radius 1 is 1.13 bits per heavy atom. The standard InChI is InChI=1S/C22H23N5O2S/c1-28-20-7-3-2-5-17(20)15-29-18-8-11-26(12-9-18)22-25-27-14-19(24-21(27)30-22)16-6-4-10-23-13-16/h2-7,10,13-14,18H,8-9,11-12,15H2,1H3. The number of piperidine rings is 1. The summed E-state index contributed by atoms with van der Waals surface area (Å²) in [7, 11) is 1.70. The highest BCUT2D eigenvalue weighted by atomic mass is 32.1. The number of aromatic nitrogens is 4. The Hall–Kier alpha value is -2.97. The number of imidazole rings is 1. The van der Waals surface area contributed by atoms with E-state index in [1.165, 1.54) is 0 Å². The van der Waals surface area contributed by atoms with Gasteiger partial charge in [0.25, 0.3) is 0 Å². The van der Waals surface area contributed by atoms with Crippen LogP contribution in [-0.2, 0) is 11.3 Å². The molecule has 1 saturated heterocycles. The molecule has 1 fully saturated rings. The van der Waals surface area contributed by atoms with E-state index in [-0.39, 0.29) is 6.10 Å². The molecule has 1 aromatic carbocycles. The van der Waals surface area contributed by atoms with Crippen LogP contribution in [0, 0.1) is 0 Å². The number of fused-ring (bicyclic) bond motifs is 1. The largest absolute Gasteiger partial charge is 0.496 e. The molecule has 8 heteroatoms. The Kier molecular flexibility index (Phi) is 5.33. The third-order valence-electron chi connectivity index (χ3n) is 5.37. The summed E-state index contributed by atoms with van der Waals surface area (Å²) < 4.78 is 13.4. The highest BCUT2D eigenvalue weighted by Gasteiger charge is 2.23. The van der Waals surface area contributed by atoms with Gasteiger partial charge in [0.1, 0.15) is 5.75 Å². The molecule has 0 saturated carbocycles. The molecule has 0 amide bonds. The second-order valence-corrected chi connectivity index (χ2v) is 8.22. The fourth-order valence-electron chi connectivity index (χ4n) is 3.71. The van der Waals surface area contributed by atoms with Gasteiger partial charge in [-0.3, -0.25) is 4.98 Å². The quantitative estimate of drug-likeness (QED) is 0.468. The molecule has 30 heavy (non-hydrogen) atoms. The van der Waals surface area contributed by atoms with E-state index in [0.717, 1.165) is 58.6 Å². The molecule has 1 aliphatic rings. The predicted octanol–water partition coefficient (Wildman–Crippen LogP) is 4.05. The zero-order valence-corrected chi connectivity index (χ0v) is 17.6. The fourth-order valence-corrected chi connectivity index (χ4v) is 4.65. The minimum absolute atomic E-state index is 0.257. The second kappa shape index (κ2) is 8.41. The van der Waals surface area contributed by atoms with Crippen molar-refractivity contribution < 1.29 is 9.47 Å². The first-order valence-corrected chi connectivity index (χ1v) is 10.9. The lowest BCUT2D eigenvalue weighted by Crippen LogP contribution is -2.37. The van der Waals surface area contributed by atoms with E-state index in [2.05, 4.69) is 16.0 Å². The number of pyridine rings is 1. The van der Waals surface area contributed by atoms with Crippen molar-refractivity contribution in [1.29, 1.82) is 0 Å². The molecule has 0 aliphatic carbocycles. The maximum Gasteiger partial charge on any atom is 0.214 e. The third-order valence-corrected chi connectivity index (χ3v) is 6.35. The van der Waals surface area contributed by atoms with Crippen LogP contribution in [0.25, 0.3) is 16.2 Å². The Balaban J connectivity index is 1.19. The summed E-state index contributed by atoms with van der Waals surface area (Å²) in [4.78, 5) is 12.1. The smallest absolute Gasteiger partial charge is 0.214 e. The summed E-state index contributed by atoms with van der Waals surface area (Å²) in [5.41, 5.74) is 3.00. The van der Waals surface area contributed by atoms with Crippen LogP contribution in [0.5, 0.6) is 5.75 Å². The first-order chi connectivity index (χ1) is 14.8. The average Bonchev–Trinajstić information content (AvgIpc) is 3.38. The van der Waals surface area contributed by atoms with Crippen molar-refractivity contribution in [3.05, 3.63) is 60.6 Å². The van der Waals surface area contributed by atoms with Crippen molar-refractivity contribution in [2.75, 3.05) is 25.1 Å². The van der Waals surface area contributed by atoms with Crippen molar-refractivity contribution >= 4 is 21.4 Å². The normalized spacial score (nSPS) is 15.0. The summed E-state index contributed by atoms with van der Waals surface area (Å²) in [6, 6.07) is 11.9. The zero-order valence-electron chi connectivity index (χ0n) is 16.8. The molecule has 0 atom stereocenters. The number of anilines is 1. The Bertz CT molecular complexity index is 1090. The van der Waals surface area contributed by atoms with Crippen molar-refractivity contribution in [3.8, 4) is 17.0 Å². The first kappa shape index (κ1) is 19.0. The van der Waals surface area contributed by atoms with Crippen LogP contribution in [0.1, 0.15) is 18.4 Å². The molecule has 4 heterocycles. The van der Waals surface area contributed by atoms with Crippen molar-refractivity contribution in [3.63, 3.8) is 0 Å². The number of rotatable bonds is 6. The van der Waals surface area contributed by atoms with E-state index >= 15 is 0 Å². The summed E-state index contributed by atoms with van der Waals surface area (Å²) in [6.45, 7) is 2.45. The molecule has 4 aromatic rings. The molecule has 3 aromatic heterocycles. The van der Waals surface area contributed by atoms with Crippen molar-refractivity contribution in [1.82, 2.24) is 19.6 Å². The Labute approximate surface area is 178 Å². The molecular weight excluding hydrogens is 398 g/mol. The third kappa shape index (κ3) is 3.88. The minimum Gasteiger partial charge on any atom is -0.496 e. The number of hydrogen-bond donors (Lipinski definition) is 0. The van der Waals surface area contributed by atoms with Crippen LogP contribution in [0.2, 0.25) is 0 Å². The van der Waals surface area contributed by atoms with E-state index in [0.29, 0.717) is 6.61 Å². The monoisotopic (exact) mass is 421 g/mol. The summed E-state index contributed by atoms with van der Waals surface area (Å²) in [6.07, 6.45) is 7.78. The van der Waals surface area contributed by atoms with Gasteiger partial charge in [-0.05, 0) is 31.0 Å². The van der Waals surface area contributed by atoms with Crippen molar-refractivity contribution in [2.24, 2.45) is 0 Å². The Morgan fingerprint density at radius 2 is 2.00 bits per heavy atom. The van der Waals surface area contributed by atoms with Gasteiger partial charge >= 0.3 is 0 Å². The highest BCUT2D eigenvalue weighted by molar-refractivity contribution is 7.20. The summed E-state index contributed by atoms with van der Waals surface area (Å²) >= 11 is 1.62. The molecule has 0 bridgehead atoms. The molecule has 0 N–H and O–H groups in total. The van der Waals surface area contributed by atoms with E-state index in [1.807, 2.05) is 47.2 Å². The number of methoxy groups -OCH3 is 1. The maximum atomic E-state index is 6.16. The second-order valence-electron chi connectivity index (χ2n) is 7.29. The van der Waals surface area contributed by atoms with Gasteiger partial charge in [0.05, 0.1) is 31.7 Å². The van der Waals surface area contributed by atoms with E-state index in [1.54, 1.807) is 24.6 Å². The zero-order chi connectivity index (χ0) is 20.3. The van der Waals surface area contributed by atoms with Crippen LogP contribution in [0.4, 0.5) is 5.13 Å². The SMILES string of the molecule is COc1ccccc1COC1CCN(c2nn3cc(-c4cccnc4)nc3s2)CC1. The first-order valence-electron chi connectivity index (χ1n) is 10.1. The molecule has 0 spiro atoms. The van der Waals surface area contributed by atoms with Crippen LogP contribution in [0.3, 0.4) is 0 Å². The number of benzene rings is 1. The average molecular weight is 422 g/mol. The van der Waals surface area contributed by atoms with E-state index in [4.69, 9.17) is 19.6 Å². The molecule has 1 aliphatic heterocycles. The number of para-hydroxylation sites is 1. The molecule has 5 rings (SSSR count). The Morgan fingerprint density at radius 3 is 2.77 bits per heavy atom. The van der Waals surface area contributed by atoms with Gasteiger partial charge in [0.2, 0.25) is 10.1 Å². The number of nitrogens with zero attached hydrogens (tertiary/aromatic N) is 5. The van der Waals surface area contributed by atoms with Gasteiger partial charge in [0.15, 0.2) is 0 Å². The van der Waals surface area contributed by atoms with Crippen molar-refractivity contribution in [2.45, 2.75) is 25.6 Å². The number of ether oxygens (including phenoxy) is 2. The van der Waals surface area contributed by atoms with Gasteiger partial charge < -0.3 is 14.4 Å². The highest BCUT2D eigenvalue weighted by Crippen LogP contribution is 2.29. The molecular formula is C22H23N5O2S. The van der Waals surface area contributed by atoms with Gasteiger partial charge in [-0.2, -0.15) is 0 Å². The topological polar surface area (TPSA) is 64.8 Å². The van der Waals surface area contributed by atoms with Crippen LogP contribution < -0.4 is 9.64 Å². The van der Waals surface area contributed by atoms with Gasteiger partial charge in [-0.1, -0.05) is 29.5 Å².